The van der Waals surface area contributed by atoms with Gasteiger partial charge in [-0.3, -0.25) is 9.69 Å². The minimum Gasteiger partial charge on any atom is -0.496 e. The van der Waals surface area contributed by atoms with Crippen molar-refractivity contribution in [2.45, 2.75) is 6.54 Å². The van der Waals surface area contributed by atoms with E-state index in [9.17, 15) is 4.79 Å². The van der Waals surface area contributed by atoms with Gasteiger partial charge in [-0.2, -0.15) is 0 Å². The van der Waals surface area contributed by atoms with E-state index in [1.54, 1.807) is 14.2 Å². The van der Waals surface area contributed by atoms with E-state index < -0.39 is 0 Å². The summed E-state index contributed by atoms with van der Waals surface area (Å²) in [6.07, 6.45) is 3.68. The molecule has 7 heteroatoms. The third-order valence-corrected chi connectivity index (χ3v) is 4.33. The van der Waals surface area contributed by atoms with Crippen molar-refractivity contribution in [2.24, 2.45) is 0 Å². The molecule has 25 heavy (non-hydrogen) atoms. The van der Waals surface area contributed by atoms with Gasteiger partial charge in [0, 0.05) is 57.7 Å². The summed E-state index contributed by atoms with van der Waals surface area (Å²) < 4.78 is 5.30. The lowest BCUT2D eigenvalue weighted by Gasteiger charge is -2.34. The summed E-state index contributed by atoms with van der Waals surface area (Å²) in [5, 5.41) is 2.91. The summed E-state index contributed by atoms with van der Waals surface area (Å²) >= 11 is 0. The lowest BCUT2D eigenvalue weighted by molar-refractivity contribution is 0.0625. The Morgan fingerprint density at radius 3 is 2.48 bits per heavy atom. The molecular formula is C18H23N5O2. The fourth-order valence-corrected chi connectivity index (χ4v) is 2.92. The van der Waals surface area contributed by atoms with Gasteiger partial charge in [0.2, 0.25) is 5.95 Å². The van der Waals surface area contributed by atoms with Crippen molar-refractivity contribution < 1.29 is 9.53 Å². The third-order valence-electron chi connectivity index (χ3n) is 4.33. The number of carbonyl (C=O) groups is 1. The standard InChI is InChI=1S/C18H23N5O2/c1-19-18-20-11-14(12-21-18)13-22-7-9-23(10-8-22)17(24)15-5-3-4-6-16(15)25-2/h3-6,11-12H,7-10,13H2,1-2H3,(H,19,20,21). The highest BCUT2D eigenvalue weighted by atomic mass is 16.5. The van der Waals surface area contributed by atoms with Gasteiger partial charge < -0.3 is 15.0 Å². The van der Waals surface area contributed by atoms with Gasteiger partial charge in [-0.25, -0.2) is 9.97 Å². The van der Waals surface area contributed by atoms with Gasteiger partial charge in [0.25, 0.3) is 5.91 Å². The largest absolute Gasteiger partial charge is 0.496 e. The summed E-state index contributed by atoms with van der Waals surface area (Å²) in [6.45, 7) is 3.85. The summed E-state index contributed by atoms with van der Waals surface area (Å²) in [6, 6.07) is 7.36. The van der Waals surface area contributed by atoms with E-state index in [2.05, 4.69) is 20.2 Å². The molecule has 0 aliphatic carbocycles. The number of methoxy groups -OCH3 is 1. The molecule has 1 aromatic carbocycles. The van der Waals surface area contributed by atoms with Gasteiger partial charge >= 0.3 is 0 Å². The molecule has 1 aromatic heterocycles. The number of anilines is 1. The van der Waals surface area contributed by atoms with Gasteiger partial charge in [0.1, 0.15) is 5.75 Å². The fourth-order valence-electron chi connectivity index (χ4n) is 2.92. The Morgan fingerprint density at radius 2 is 1.84 bits per heavy atom. The second kappa shape index (κ2) is 7.94. The number of para-hydroxylation sites is 1. The molecule has 0 radical (unpaired) electrons. The average molecular weight is 341 g/mol. The van der Waals surface area contributed by atoms with Crippen molar-refractivity contribution in [1.82, 2.24) is 19.8 Å². The van der Waals surface area contributed by atoms with Crippen LogP contribution in [0.5, 0.6) is 5.75 Å². The van der Waals surface area contributed by atoms with E-state index in [-0.39, 0.29) is 5.91 Å². The van der Waals surface area contributed by atoms with Gasteiger partial charge in [-0.1, -0.05) is 12.1 Å². The number of benzene rings is 1. The van der Waals surface area contributed by atoms with Crippen LogP contribution >= 0.6 is 0 Å². The van der Waals surface area contributed by atoms with Crippen molar-refractivity contribution in [3.8, 4) is 5.75 Å². The van der Waals surface area contributed by atoms with Crippen LogP contribution in [0.3, 0.4) is 0 Å². The van der Waals surface area contributed by atoms with Crippen molar-refractivity contribution >= 4 is 11.9 Å². The van der Waals surface area contributed by atoms with E-state index in [0.29, 0.717) is 30.4 Å². The lowest BCUT2D eigenvalue weighted by atomic mass is 10.1. The molecule has 3 rings (SSSR count). The molecule has 0 saturated carbocycles. The number of nitrogens with zero attached hydrogens (tertiary/aromatic N) is 4. The Balaban J connectivity index is 1.56. The molecule has 132 valence electrons. The second-order valence-electron chi connectivity index (χ2n) is 5.93. The first-order chi connectivity index (χ1) is 12.2. The highest BCUT2D eigenvalue weighted by Gasteiger charge is 2.24. The van der Waals surface area contributed by atoms with Crippen LogP contribution in [0, 0.1) is 0 Å². The predicted molar refractivity (Wildman–Crippen MR) is 95.8 cm³/mol. The zero-order valence-corrected chi connectivity index (χ0v) is 14.6. The maximum absolute atomic E-state index is 12.7. The Morgan fingerprint density at radius 1 is 1.16 bits per heavy atom. The van der Waals surface area contributed by atoms with E-state index in [1.807, 2.05) is 41.6 Å². The number of amides is 1. The van der Waals surface area contributed by atoms with Gasteiger partial charge in [0.15, 0.2) is 0 Å². The number of aromatic nitrogens is 2. The molecule has 1 N–H and O–H groups in total. The Kier molecular flexibility index (Phi) is 5.45. The number of ether oxygens (including phenoxy) is 1. The summed E-state index contributed by atoms with van der Waals surface area (Å²) in [4.78, 5) is 25.4. The minimum atomic E-state index is 0.0267. The average Bonchev–Trinajstić information content (AvgIpc) is 2.68. The summed E-state index contributed by atoms with van der Waals surface area (Å²) in [5.41, 5.74) is 1.69. The van der Waals surface area contributed by atoms with Crippen molar-refractivity contribution in [3.63, 3.8) is 0 Å². The first kappa shape index (κ1) is 17.2. The zero-order chi connectivity index (χ0) is 17.6. The molecule has 1 saturated heterocycles. The summed E-state index contributed by atoms with van der Waals surface area (Å²) in [7, 11) is 3.39. The molecular weight excluding hydrogens is 318 g/mol. The smallest absolute Gasteiger partial charge is 0.257 e. The Hall–Kier alpha value is -2.67. The monoisotopic (exact) mass is 341 g/mol. The highest BCUT2D eigenvalue weighted by Crippen LogP contribution is 2.20. The normalized spacial score (nSPS) is 15.0. The third kappa shape index (κ3) is 4.06. The number of carbonyl (C=O) groups excluding carboxylic acids is 1. The van der Waals surface area contributed by atoms with Crippen LogP contribution in [0.4, 0.5) is 5.95 Å². The molecule has 0 atom stereocenters. The molecule has 0 unspecified atom stereocenters. The SMILES string of the molecule is CNc1ncc(CN2CCN(C(=O)c3ccccc3OC)CC2)cn1. The molecule has 1 aliphatic heterocycles. The van der Waals surface area contributed by atoms with Crippen LogP contribution in [-0.4, -0.2) is 66.0 Å². The molecule has 0 bridgehead atoms. The molecule has 1 fully saturated rings. The van der Waals surface area contributed by atoms with E-state index in [1.165, 1.54) is 0 Å². The lowest BCUT2D eigenvalue weighted by Crippen LogP contribution is -2.48. The quantitative estimate of drug-likeness (QED) is 0.888. The van der Waals surface area contributed by atoms with Crippen LogP contribution in [0.1, 0.15) is 15.9 Å². The topological polar surface area (TPSA) is 70.6 Å². The van der Waals surface area contributed by atoms with Crippen molar-refractivity contribution in [2.75, 3.05) is 45.7 Å². The maximum Gasteiger partial charge on any atom is 0.257 e. The molecule has 1 aliphatic rings. The zero-order valence-electron chi connectivity index (χ0n) is 14.6. The number of piperazine rings is 1. The van der Waals surface area contributed by atoms with E-state index in [0.717, 1.165) is 25.2 Å². The van der Waals surface area contributed by atoms with Crippen LogP contribution in [-0.2, 0) is 6.54 Å². The number of rotatable bonds is 5. The highest BCUT2D eigenvalue weighted by molar-refractivity contribution is 5.97. The predicted octanol–water partition coefficient (Wildman–Crippen LogP) is 1.48. The molecule has 1 amide bonds. The van der Waals surface area contributed by atoms with Gasteiger partial charge in [-0.05, 0) is 12.1 Å². The van der Waals surface area contributed by atoms with Gasteiger partial charge in [0.05, 0.1) is 12.7 Å². The molecule has 2 aromatic rings. The summed E-state index contributed by atoms with van der Waals surface area (Å²) in [5.74, 6) is 1.27. The van der Waals surface area contributed by atoms with Crippen molar-refractivity contribution in [1.29, 1.82) is 0 Å². The second-order valence-corrected chi connectivity index (χ2v) is 5.93. The first-order valence-corrected chi connectivity index (χ1v) is 8.34. The van der Waals surface area contributed by atoms with Crippen molar-refractivity contribution in [3.05, 3.63) is 47.8 Å². The van der Waals surface area contributed by atoms with Crippen LogP contribution in [0.2, 0.25) is 0 Å². The first-order valence-electron chi connectivity index (χ1n) is 8.34. The number of nitrogens with one attached hydrogen (secondary N) is 1. The number of hydrogen-bond donors (Lipinski definition) is 1. The molecule has 0 spiro atoms. The minimum absolute atomic E-state index is 0.0267. The van der Waals surface area contributed by atoms with E-state index in [4.69, 9.17) is 4.74 Å². The molecule has 2 heterocycles. The number of hydrogen-bond acceptors (Lipinski definition) is 6. The fraction of sp³-hybridized carbons (Fsp3) is 0.389. The Bertz CT molecular complexity index is 712. The Labute approximate surface area is 147 Å². The van der Waals surface area contributed by atoms with Crippen LogP contribution < -0.4 is 10.1 Å². The molecule has 7 nitrogen and oxygen atoms in total. The van der Waals surface area contributed by atoms with Crippen LogP contribution in [0.25, 0.3) is 0 Å². The van der Waals surface area contributed by atoms with E-state index >= 15 is 0 Å². The van der Waals surface area contributed by atoms with Gasteiger partial charge in [-0.15, -0.1) is 0 Å². The van der Waals surface area contributed by atoms with Crippen LogP contribution in [0.15, 0.2) is 36.7 Å². The maximum atomic E-state index is 12.7.